The minimum atomic E-state index is -1.79. The van der Waals surface area contributed by atoms with Crippen LogP contribution in [0.5, 0.6) is 0 Å². The largest absolute Gasteiger partial charge is 0.461 e. The normalized spacial score (nSPS) is 36.8. The van der Waals surface area contributed by atoms with Crippen LogP contribution < -0.4 is 0 Å². The summed E-state index contributed by atoms with van der Waals surface area (Å²) >= 11 is 0. The van der Waals surface area contributed by atoms with Crippen molar-refractivity contribution in [3.8, 4) is 0 Å². The molecule has 8 nitrogen and oxygen atoms in total. The average molecular weight is 396 g/mol. The molecule has 0 aromatic rings. The summed E-state index contributed by atoms with van der Waals surface area (Å²) in [5.41, 5.74) is -1.80. The number of aliphatic hydroxyl groups is 3. The zero-order valence-electron chi connectivity index (χ0n) is 16.4. The lowest BCUT2D eigenvalue weighted by Gasteiger charge is -2.36. The third-order valence-electron chi connectivity index (χ3n) is 5.55. The summed E-state index contributed by atoms with van der Waals surface area (Å²) in [6, 6.07) is 0. The van der Waals surface area contributed by atoms with Crippen molar-refractivity contribution in [2.75, 3.05) is 6.61 Å². The van der Waals surface area contributed by atoms with Crippen LogP contribution in [0, 0.1) is 11.8 Å². The van der Waals surface area contributed by atoms with Crippen LogP contribution in [0.1, 0.15) is 40.0 Å². The molecule has 156 valence electrons. The van der Waals surface area contributed by atoms with E-state index in [1.807, 2.05) is 6.92 Å². The summed E-state index contributed by atoms with van der Waals surface area (Å²) in [7, 11) is 0. The van der Waals surface area contributed by atoms with E-state index in [-0.39, 0.29) is 17.6 Å². The number of ketones is 1. The van der Waals surface area contributed by atoms with E-state index in [4.69, 9.17) is 9.47 Å². The van der Waals surface area contributed by atoms with Gasteiger partial charge in [-0.25, -0.2) is 4.79 Å². The van der Waals surface area contributed by atoms with Gasteiger partial charge in [-0.15, -0.1) is 0 Å². The molecule has 2 aliphatic rings. The van der Waals surface area contributed by atoms with Gasteiger partial charge in [0.2, 0.25) is 0 Å². The molecule has 6 atom stereocenters. The third kappa shape index (κ3) is 4.51. The van der Waals surface area contributed by atoms with Gasteiger partial charge in [0, 0.05) is 24.0 Å². The van der Waals surface area contributed by atoms with E-state index in [1.165, 1.54) is 13.0 Å². The minimum absolute atomic E-state index is 0.0406. The molecule has 0 spiro atoms. The van der Waals surface area contributed by atoms with Crippen LogP contribution in [0.15, 0.2) is 23.8 Å². The van der Waals surface area contributed by atoms with Crippen LogP contribution in [0.4, 0.5) is 0 Å². The summed E-state index contributed by atoms with van der Waals surface area (Å²) in [6.07, 6.45) is -2.26. The molecule has 1 fully saturated rings. The molecule has 3 N–H and O–H groups in total. The second kappa shape index (κ2) is 8.55. The van der Waals surface area contributed by atoms with E-state index in [0.29, 0.717) is 6.42 Å². The van der Waals surface area contributed by atoms with Gasteiger partial charge in [-0.2, -0.15) is 0 Å². The SMILES string of the molecule is C=C1C(=O)O[C@H]2/C=C(/CO)C(=O)C[C@@H](O)[C@@](C)(O)C[C@@H](OC(=O)[C@H](C)CC)[C@@H]12. The van der Waals surface area contributed by atoms with Crippen molar-refractivity contribution in [1.29, 1.82) is 0 Å². The van der Waals surface area contributed by atoms with Gasteiger partial charge in [0.1, 0.15) is 12.2 Å². The lowest BCUT2D eigenvalue weighted by Crippen LogP contribution is -2.48. The van der Waals surface area contributed by atoms with Crippen LogP contribution in [-0.4, -0.2) is 63.6 Å². The fourth-order valence-corrected chi connectivity index (χ4v) is 3.36. The number of carbonyl (C=O) groups excluding carboxylic acids is 3. The number of rotatable bonds is 4. The second-order valence-electron chi connectivity index (χ2n) is 7.76. The van der Waals surface area contributed by atoms with Crippen molar-refractivity contribution in [2.45, 2.75) is 63.9 Å². The average Bonchev–Trinajstić information content (AvgIpc) is 2.90. The molecular formula is C20H28O8. The van der Waals surface area contributed by atoms with Gasteiger partial charge >= 0.3 is 11.9 Å². The fourth-order valence-electron chi connectivity index (χ4n) is 3.36. The van der Waals surface area contributed by atoms with Crippen molar-refractivity contribution in [3.63, 3.8) is 0 Å². The number of hydrogen-bond donors (Lipinski definition) is 3. The first-order valence-electron chi connectivity index (χ1n) is 9.37. The van der Waals surface area contributed by atoms with E-state index < -0.39 is 66.5 Å². The number of carbonyl (C=O) groups is 3. The second-order valence-corrected chi connectivity index (χ2v) is 7.76. The molecule has 1 aliphatic heterocycles. The summed E-state index contributed by atoms with van der Waals surface area (Å²) in [5, 5.41) is 30.7. The molecule has 28 heavy (non-hydrogen) atoms. The molecule has 8 heteroatoms. The highest BCUT2D eigenvalue weighted by atomic mass is 16.6. The quantitative estimate of drug-likeness (QED) is 0.461. The predicted molar refractivity (Wildman–Crippen MR) is 97.9 cm³/mol. The van der Waals surface area contributed by atoms with E-state index in [9.17, 15) is 29.7 Å². The third-order valence-corrected chi connectivity index (χ3v) is 5.55. The minimum Gasteiger partial charge on any atom is -0.461 e. The number of hydrogen-bond acceptors (Lipinski definition) is 8. The molecule has 1 aliphatic carbocycles. The van der Waals surface area contributed by atoms with Crippen LogP contribution in [0.25, 0.3) is 0 Å². The van der Waals surface area contributed by atoms with Crippen molar-refractivity contribution in [2.24, 2.45) is 11.8 Å². The topological polar surface area (TPSA) is 130 Å². The van der Waals surface area contributed by atoms with Gasteiger partial charge in [-0.1, -0.05) is 20.4 Å². The first-order chi connectivity index (χ1) is 13.0. The molecule has 2 rings (SSSR count). The molecule has 0 amide bonds. The van der Waals surface area contributed by atoms with Crippen molar-refractivity contribution in [1.82, 2.24) is 0 Å². The Hall–Kier alpha value is -2.03. The van der Waals surface area contributed by atoms with Crippen molar-refractivity contribution in [3.05, 3.63) is 23.8 Å². The summed E-state index contributed by atoms with van der Waals surface area (Å²) in [4.78, 5) is 36.9. The molecule has 0 aromatic carbocycles. The van der Waals surface area contributed by atoms with Gasteiger partial charge in [0.15, 0.2) is 5.78 Å². The Balaban J connectivity index is 2.52. The highest BCUT2D eigenvalue weighted by Gasteiger charge is 2.49. The van der Waals surface area contributed by atoms with E-state index in [1.54, 1.807) is 6.92 Å². The Morgan fingerprint density at radius 2 is 2.11 bits per heavy atom. The summed E-state index contributed by atoms with van der Waals surface area (Å²) in [5.74, 6) is -3.05. The first-order valence-corrected chi connectivity index (χ1v) is 9.37. The maximum absolute atomic E-state index is 12.4. The number of ether oxygens (including phenoxy) is 2. The Morgan fingerprint density at radius 1 is 1.46 bits per heavy atom. The van der Waals surface area contributed by atoms with Crippen LogP contribution in [-0.2, 0) is 23.9 Å². The maximum Gasteiger partial charge on any atom is 0.334 e. The number of Topliss-reactive ketones (excluding diaryl/α,β-unsaturated/α-hetero) is 1. The predicted octanol–water partition coefficient (Wildman–Crippen LogP) is 0.436. The van der Waals surface area contributed by atoms with E-state index in [0.717, 1.165) is 0 Å². The molecule has 1 saturated heterocycles. The van der Waals surface area contributed by atoms with E-state index in [2.05, 4.69) is 6.58 Å². The molecule has 0 saturated carbocycles. The van der Waals surface area contributed by atoms with E-state index >= 15 is 0 Å². The van der Waals surface area contributed by atoms with Gasteiger partial charge in [0.25, 0.3) is 0 Å². The first kappa shape index (κ1) is 22.3. The summed E-state index contributed by atoms with van der Waals surface area (Å²) < 4.78 is 10.9. The summed E-state index contributed by atoms with van der Waals surface area (Å²) in [6.45, 7) is 7.94. The standard InChI is InChI=1S/C20H28O8/c1-5-10(2)18(24)28-15-8-20(4,26)16(23)7-13(22)12(9-21)6-14-17(15)11(3)19(25)27-14/h6,10,14-17,21,23,26H,3,5,7-9H2,1-2,4H3/b12-6-/t10-,14+,15-,16-,17+,20+/m1/s1. The number of aliphatic hydroxyl groups excluding tert-OH is 2. The lowest BCUT2D eigenvalue weighted by molar-refractivity contribution is -0.165. The molecule has 0 bridgehead atoms. The monoisotopic (exact) mass is 396 g/mol. The maximum atomic E-state index is 12.4. The lowest BCUT2D eigenvalue weighted by atomic mass is 9.79. The Morgan fingerprint density at radius 3 is 2.68 bits per heavy atom. The van der Waals surface area contributed by atoms with Gasteiger partial charge in [0.05, 0.1) is 30.1 Å². The Labute approximate surface area is 163 Å². The molecular weight excluding hydrogens is 368 g/mol. The van der Waals surface area contributed by atoms with Crippen LogP contribution >= 0.6 is 0 Å². The zero-order chi connectivity index (χ0) is 21.2. The molecule has 0 radical (unpaired) electrons. The highest BCUT2D eigenvalue weighted by Crippen LogP contribution is 2.38. The Kier molecular flexibility index (Phi) is 6.80. The molecule has 1 heterocycles. The smallest absolute Gasteiger partial charge is 0.334 e. The zero-order valence-corrected chi connectivity index (χ0v) is 16.4. The van der Waals surface area contributed by atoms with Gasteiger partial charge in [-0.05, 0) is 19.4 Å². The van der Waals surface area contributed by atoms with Gasteiger partial charge < -0.3 is 24.8 Å². The number of esters is 2. The number of fused-ring (bicyclic) bond motifs is 1. The van der Waals surface area contributed by atoms with Crippen LogP contribution in [0.3, 0.4) is 0 Å². The highest BCUT2D eigenvalue weighted by molar-refractivity contribution is 5.97. The molecule has 0 unspecified atom stereocenters. The Bertz CT molecular complexity index is 692. The fraction of sp³-hybridized carbons (Fsp3) is 0.650. The molecule has 0 aromatic heterocycles. The van der Waals surface area contributed by atoms with Crippen molar-refractivity contribution >= 4 is 17.7 Å². The van der Waals surface area contributed by atoms with Crippen LogP contribution in [0.2, 0.25) is 0 Å². The van der Waals surface area contributed by atoms with Gasteiger partial charge in [-0.3, -0.25) is 9.59 Å². The van der Waals surface area contributed by atoms with Crippen molar-refractivity contribution < 1.29 is 39.2 Å².